The van der Waals surface area contributed by atoms with E-state index in [0.29, 0.717) is 5.82 Å². The maximum atomic E-state index is 9.14. The molecule has 0 fully saturated rings. The highest BCUT2D eigenvalue weighted by Crippen LogP contribution is 2.19. The number of pyridine rings is 1. The lowest BCUT2D eigenvalue weighted by molar-refractivity contribution is 0.288. The zero-order valence-electron chi connectivity index (χ0n) is 8.97. The Balaban J connectivity index is 2.65. The van der Waals surface area contributed by atoms with Gasteiger partial charge in [-0.05, 0) is 25.3 Å². The number of aromatic nitrogens is 1. The summed E-state index contributed by atoms with van der Waals surface area (Å²) in [6.45, 7) is 2.17. The molecule has 2 atom stereocenters. The van der Waals surface area contributed by atoms with Gasteiger partial charge in [-0.3, -0.25) is 0 Å². The van der Waals surface area contributed by atoms with E-state index in [2.05, 4.69) is 10.3 Å². The van der Waals surface area contributed by atoms with Crippen molar-refractivity contribution in [3.05, 3.63) is 18.3 Å². The van der Waals surface area contributed by atoms with E-state index in [0.717, 1.165) is 5.69 Å². The largest absolute Gasteiger partial charge is 0.395 e. The standard InChI is InChI=1S/C10H17N3OS/c1-7(9(6-14)15-2)13-8-4-3-5-12-10(8)11/h3-5,7,9,13-14H,6H2,1-2H3,(H2,11,12). The van der Waals surface area contributed by atoms with Crippen LogP contribution >= 0.6 is 11.8 Å². The van der Waals surface area contributed by atoms with E-state index in [9.17, 15) is 0 Å². The summed E-state index contributed by atoms with van der Waals surface area (Å²) in [5, 5.41) is 12.5. The Morgan fingerprint density at radius 1 is 1.67 bits per heavy atom. The van der Waals surface area contributed by atoms with Crippen molar-refractivity contribution in [3.8, 4) is 0 Å². The molecule has 0 saturated carbocycles. The molecule has 4 N–H and O–H groups in total. The van der Waals surface area contributed by atoms with Gasteiger partial charge in [0.15, 0.2) is 0 Å². The smallest absolute Gasteiger partial charge is 0.146 e. The van der Waals surface area contributed by atoms with Gasteiger partial charge in [-0.25, -0.2) is 4.98 Å². The molecule has 0 aliphatic carbocycles. The van der Waals surface area contributed by atoms with Gasteiger partial charge in [-0.2, -0.15) is 11.8 Å². The average molecular weight is 227 g/mol. The van der Waals surface area contributed by atoms with Crippen molar-refractivity contribution in [2.75, 3.05) is 23.9 Å². The van der Waals surface area contributed by atoms with E-state index in [4.69, 9.17) is 10.8 Å². The van der Waals surface area contributed by atoms with Crippen LogP contribution in [0.25, 0.3) is 0 Å². The van der Waals surface area contributed by atoms with Crippen molar-refractivity contribution in [3.63, 3.8) is 0 Å². The molecule has 2 unspecified atom stereocenters. The number of nitrogens with zero attached hydrogens (tertiary/aromatic N) is 1. The Morgan fingerprint density at radius 2 is 2.40 bits per heavy atom. The molecule has 1 aromatic heterocycles. The number of aliphatic hydroxyl groups is 1. The van der Waals surface area contributed by atoms with Gasteiger partial charge in [0, 0.05) is 17.5 Å². The molecule has 1 aromatic rings. The third-order valence-electron chi connectivity index (χ3n) is 2.26. The highest BCUT2D eigenvalue weighted by molar-refractivity contribution is 7.99. The lowest BCUT2D eigenvalue weighted by atomic mass is 10.2. The highest BCUT2D eigenvalue weighted by Gasteiger charge is 2.15. The van der Waals surface area contributed by atoms with E-state index < -0.39 is 0 Å². The fourth-order valence-electron chi connectivity index (χ4n) is 1.31. The van der Waals surface area contributed by atoms with Crippen LogP contribution in [0.2, 0.25) is 0 Å². The summed E-state index contributed by atoms with van der Waals surface area (Å²) in [7, 11) is 0. The lowest BCUT2D eigenvalue weighted by Crippen LogP contribution is -2.31. The average Bonchev–Trinajstić information content (AvgIpc) is 2.23. The van der Waals surface area contributed by atoms with Crippen LogP contribution in [-0.4, -0.2) is 34.2 Å². The minimum Gasteiger partial charge on any atom is -0.395 e. The normalized spacial score (nSPS) is 14.6. The number of nitrogens with one attached hydrogen (secondary N) is 1. The monoisotopic (exact) mass is 227 g/mol. The van der Waals surface area contributed by atoms with Crippen LogP contribution in [0, 0.1) is 0 Å². The van der Waals surface area contributed by atoms with Crippen LogP contribution in [0.1, 0.15) is 6.92 Å². The van der Waals surface area contributed by atoms with E-state index >= 15 is 0 Å². The second-order valence-electron chi connectivity index (χ2n) is 3.33. The van der Waals surface area contributed by atoms with Crippen LogP contribution < -0.4 is 11.1 Å². The first-order valence-electron chi connectivity index (χ1n) is 4.79. The third-order valence-corrected chi connectivity index (χ3v) is 3.42. The van der Waals surface area contributed by atoms with Crippen LogP contribution in [0.3, 0.4) is 0 Å². The Hall–Kier alpha value is -0.940. The Morgan fingerprint density at radius 3 is 2.93 bits per heavy atom. The number of hydrogen-bond acceptors (Lipinski definition) is 5. The topological polar surface area (TPSA) is 71.2 Å². The van der Waals surface area contributed by atoms with Crippen LogP contribution in [0.15, 0.2) is 18.3 Å². The van der Waals surface area contributed by atoms with Gasteiger partial charge in [0.05, 0.1) is 12.3 Å². The van der Waals surface area contributed by atoms with Crippen molar-refractivity contribution in [2.24, 2.45) is 0 Å². The molecular weight excluding hydrogens is 210 g/mol. The van der Waals surface area contributed by atoms with E-state index in [1.54, 1.807) is 18.0 Å². The second-order valence-corrected chi connectivity index (χ2v) is 4.40. The molecule has 0 aliphatic rings. The third kappa shape index (κ3) is 3.28. The molecule has 0 saturated heterocycles. The molecule has 84 valence electrons. The van der Waals surface area contributed by atoms with Crippen LogP contribution in [0.4, 0.5) is 11.5 Å². The predicted octanol–water partition coefficient (Wildman–Crippen LogP) is 1.19. The molecule has 5 heteroatoms. The van der Waals surface area contributed by atoms with Gasteiger partial charge in [-0.15, -0.1) is 0 Å². The summed E-state index contributed by atoms with van der Waals surface area (Å²) in [6, 6.07) is 3.86. The van der Waals surface area contributed by atoms with Crippen LogP contribution in [0.5, 0.6) is 0 Å². The SMILES string of the molecule is CSC(CO)C(C)Nc1cccnc1N. The Kier molecular flexibility index (Phi) is 4.71. The molecule has 15 heavy (non-hydrogen) atoms. The molecule has 4 nitrogen and oxygen atoms in total. The molecule has 1 rings (SSSR count). The summed E-state index contributed by atoms with van der Waals surface area (Å²) >= 11 is 1.63. The first-order chi connectivity index (χ1) is 7.19. The number of hydrogen-bond donors (Lipinski definition) is 3. The van der Waals surface area contributed by atoms with Gasteiger partial charge in [0.1, 0.15) is 5.82 Å². The summed E-state index contributed by atoms with van der Waals surface area (Å²) in [4.78, 5) is 3.99. The molecule has 0 aromatic carbocycles. The number of nitrogen functional groups attached to an aromatic ring is 1. The van der Waals surface area contributed by atoms with Crippen molar-refractivity contribution in [2.45, 2.75) is 18.2 Å². The highest BCUT2D eigenvalue weighted by atomic mass is 32.2. The number of aliphatic hydroxyl groups excluding tert-OH is 1. The summed E-state index contributed by atoms with van der Waals surface area (Å²) in [5.74, 6) is 0.488. The molecule has 0 bridgehead atoms. The maximum absolute atomic E-state index is 9.14. The predicted molar refractivity (Wildman–Crippen MR) is 66.1 cm³/mol. The maximum Gasteiger partial charge on any atom is 0.146 e. The van der Waals surface area contributed by atoms with Crippen molar-refractivity contribution in [1.82, 2.24) is 4.98 Å². The van der Waals surface area contributed by atoms with Gasteiger partial charge in [0.25, 0.3) is 0 Å². The van der Waals surface area contributed by atoms with Gasteiger partial charge >= 0.3 is 0 Å². The molecule has 0 aliphatic heterocycles. The molecule has 0 amide bonds. The minimum atomic E-state index is 0.148. The Labute approximate surface area is 94.3 Å². The zero-order valence-corrected chi connectivity index (χ0v) is 9.79. The Bertz CT molecular complexity index is 304. The zero-order chi connectivity index (χ0) is 11.3. The van der Waals surface area contributed by atoms with E-state index in [-0.39, 0.29) is 17.9 Å². The van der Waals surface area contributed by atoms with Crippen molar-refractivity contribution in [1.29, 1.82) is 0 Å². The fraction of sp³-hybridized carbons (Fsp3) is 0.500. The van der Waals surface area contributed by atoms with Crippen molar-refractivity contribution >= 4 is 23.3 Å². The van der Waals surface area contributed by atoms with Gasteiger partial charge in [-0.1, -0.05) is 0 Å². The summed E-state index contributed by atoms with van der Waals surface area (Å²) < 4.78 is 0. The van der Waals surface area contributed by atoms with Crippen molar-refractivity contribution < 1.29 is 5.11 Å². The fourth-order valence-corrected chi connectivity index (χ4v) is 1.94. The lowest BCUT2D eigenvalue weighted by Gasteiger charge is -2.22. The first kappa shape index (κ1) is 12.1. The minimum absolute atomic E-state index is 0.148. The number of rotatable bonds is 5. The summed E-state index contributed by atoms with van der Waals surface area (Å²) in [6.07, 6.45) is 3.63. The van der Waals surface area contributed by atoms with Gasteiger partial charge < -0.3 is 16.2 Å². The second kappa shape index (κ2) is 5.82. The quantitative estimate of drug-likeness (QED) is 0.705. The first-order valence-corrected chi connectivity index (χ1v) is 6.08. The van der Waals surface area contributed by atoms with E-state index in [1.165, 1.54) is 0 Å². The molecule has 1 heterocycles. The molecule has 0 radical (unpaired) electrons. The van der Waals surface area contributed by atoms with Gasteiger partial charge in [0.2, 0.25) is 0 Å². The van der Waals surface area contributed by atoms with Crippen LogP contribution in [-0.2, 0) is 0 Å². The number of nitrogens with two attached hydrogens (primary N) is 1. The summed E-state index contributed by atoms with van der Waals surface area (Å²) in [5.41, 5.74) is 6.53. The molecular formula is C10H17N3OS. The molecule has 0 spiro atoms. The number of anilines is 2. The number of thioether (sulfide) groups is 1. The van der Waals surface area contributed by atoms with E-state index in [1.807, 2.05) is 25.3 Å².